The lowest BCUT2D eigenvalue weighted by atomic mass is 10.2. The lowest BCUT2D eigenvalue weighted by molar-refractivity contribution is -0.127. The Morgan fingerprint density at radius 1 is 1.28 bits per heavy atom. The zero-order chi connectivity index (χ0) is 18.1. The largest absolute Gasteiger partial charge is 0.481 e. The van der Waals surface area contributed by atoms with Crippen molar-refractivity contribution >= 4 is 17.5 Å². The van der Waals surface area contributed by atoms with Gasteiger partial charge in [-0.2, -0.15) is 5.26 Å². The highest BCUT2D eigenvalue weighted by molar-refractivity contribution is 5.91. The lowest BCUT2D eigenvalue weighted by Gasteiger charge is -2.14. The number of nitrogens with one attached hydrogen (secondary N) is 2. The van der Waals surface area contributed by atoms with Crippen LogP contribution in [0, 0.1) is 11.3 Å². The first-order valence-electron chi connectivity index (χ1n) is 7.73. The molecule has 0 saturated heterocycles. The second kappa shape index (κ2) is 9.03. The first-order chi connectivity index (χ1) is 12.1. The molecule has 0 aliphatic heterocycles. The summed E-state index contributed by atoms with van der Waals surface area (Å²) in [5.74, 6) is -0.0991. The Morgan fingerprint density at radius 2 is 2.04 bits per heavy atom. The molecule has 0 saturated carbocycles. The second-order valence-electron chi connectivity index (χ2n) is 5.22. The van der Waals surface area contributed by atoms with E-state index in [0.29, 0.717) is 17.0 Å². The third-order valence-electron chi connectivity index (χ3n) is 3.26. The number of carbonyl (C=O) groups excluding carboxylic acids is 2. The predicted octanol–water partition coefficient (Wildman–Crippen LogP) is 1.87. The van der Waals surface area contributed by atoms with Crippen molar-refractivity contribution in [3.63, 3.8) is 0 Å². The molecule has 0 bridgehead atoms. The van der Waals surface area contributed by atoms with Crippen LogP contribution in [-0.4, -0.2) is 29.4 Å². The number of nitrogens with zero attached hydrogens (tertiary/aromatic N) is 2. The summed E-state index contributed by atoms with van der Waals surface area (Å²) in [5, 5.41) is 14.2. The molecule has 0 aliphatic rings. The van der Waals surface area contributed by atoms with Crippen molar-refractivity contribution in [1.29, 1.82) is 5.26 Å². The maximum absolute atomic E-state index is 12.0. The molecule has 2 aromatic rings. The molecule has 0 radical (unpaired) electrons. The molecule has 25 heavy (non-hydrogen) atoms. The monoisotopic (exact) mass is 338 g/mol. The number of nitriles is 1. The van der Waals surface area contributed by atoms with E-state index in [-0.39, 0.29) is 24.8 Å². The quantitative estimate of drug-likeness (QED) is 0.802. The highest BCUT2D eigenvalue weighted by Crippen LogP contribution is 2.14. The standard InChI is InChI=1S/C18H18N4O3/c1-13(25-16-4-2-3-14(11-16)12-19)18(24)21-10-7-17(23)22-15-5-8-20-9-6-15/h2-6,8-9,11,13H,7,10H2,1H3,(H,21,24)(H,20,22,23)/t13-/m1/s1. The number of aromatic nitrogens is 1. The second-order valence-corrected chi connectivity index (χ2v) is 5.22. The minimum absolute atomic E-state index is 0.144. The summed E-state index contributed by atoms with van der Waals surface area (Å²) in [5.41, 5.74) is 1.11. The molecule has 2 amide bonds. The van der Waals surface area contributed by atoms with Crippen molar-refractivity contribution in [3.8, 4) is 11.8 Å². The highest BCUT2D eigenvalue weighted by Gasteiger charge is 2.15. The Morgan fingerprint density at radius 3 is 2.76 bits per heavy atom. The van der Waals surface area contributed by atoms with Crippen LogP contribution in [-0.2, 0) is 9.59 Å². The molecular weight excluding hydrogens is 320 g/mol. The van der Waals surface area contributed by atoms with Crippen molar-refractivity contribution in [1.82, 2.24) is 10.3 Å². The zero-order valence-corrected chi connectivity index (χ0v) is 13.7. The van der Waals surface area contributed by atoms with Crippen LogP contribution in [0.3, 0.4) is 0 Å². The maximum Gasteiger partial charge on any atom is 0.260 e. The van der Waals surface area contributed by atoms with Crippen LogP contribution < -0.4 is 15.4 Å². The summed E-state index contributed by atoms with van der Waals surface area (Å²) >= 11 is 0. The van der Waals surface area contributed by atoms with E-state index >= 15 is 0 Å². The van der Waals surface area contributed by atoms with Crippen molar-refractivity contribution in [3.05, 3.63) is 54.4 Å². The molecule has 128 valence electrons. The van der Waals surface area contributed by atoms with Crippen molar-refractivity contribution in [2.75, 3.05) is 11.9 Å². The fourth-order valence-corrected chi connectivity index (χ4v) is 2.00. The molecule has 0 fully saturated rings. The van der Waals surface area contributed by atoms with Crippen LogP contribution in [0.2, 0.25) is 0 Å². The van der Waals surface area contributed by atoms with Gasteiger partial charge in [-0.05, 0) is 37.3 Å². The Kier molecular flexibility index (Phi) is 6.48. The molecule has 0 spiro atoms. The van der Waals surface area contributed by atoms with E-state index in [9.17, 15) is 9.59 Å². The Labute approximate surface area is 145 Å². The number of ether oxygens (including phenoxy) is 1. The van der Waals surface area contributed by atoms with E-state index in [1.165, 1.54) is 0 Å². The van der Waals surface area contributed by atoms with Crippen LogP contribution in [0.4, 0.5) is 5.69 Å². The minimum atomic E-state index is -0.739. The number of benzene rings is 1. The molecule has 7 heteroatoms. The zero-order valence-electron chi connectivity index (χ0n) is 13.7. The molecule has 1 atom stereocenters. The number of hydrogen-bond donors (Lipinski definition) is 2. The topological polar surface area (TPSA) is 104 Å². The molecule has 1 heterocycles. The predicted molar refractivity (Wildman–Crippen MR) is 91.7 cm³/mol. The van der Waals surface area contributed by atoms with E-state index in [0.717, 1.165) is 0 Å². The van der Waals surface area contributed by atoms with Crippen LogP contribution in [0.5, 0.6) is 5.75 Å². The van der Waals surface area contributed by atoms with E-state index in [4.69, 9.17) is 10.00 Å². The lowest BCUT2D eigenvalue weighted by Crippen LogP contribution is -2.37. The molecule has 7 nitrogen and oxygen atoms in total. The third kappa shape index (κ3) is 5.95. The summed E-state index contributed by atoms with van der Waals surface area (Å²) in [4.78, 5) is 27.6. The number of hydrogen-bond acceptors (Lipinski definition) is 5. The molecule has 0 aliphatic carbocycles. The van der Waals surface area contributed by atoms with Gasteiger partial charge in [0.25, 0.3) is 5.91 Å². The summed E-state index contributed by atoms with van der Waals surface area (Å²) in [6.45, 7) is 1.80. The van der Waals surface area contributed by atoms with Gasteiger partial charge in [-0.25, -0.2) is 0 Å². The van der Waals surface area contributed by atoms with Gasteiger partial charge in [-0.1, -0.05) is 6.07 Å². The molecule has 2 rings (SSSR count). The van der Waals surface area contributed by atoms with E-state index in [1.54, 1.807) is 55.7 Å². The van der Waals surface area contributed by atoms with Gasteiger partial charge in [0.2, 0.25) is 5.91 Å². The van der Waals surface area contributed by atoms with Crippen LogP contribution in [0.1, 0.15) is 18.9 Å². The van der Waals surface area contributed by atoms with Crippen LogP contribution >= 0.6 is 0 Å². The van der Waals surface area contributed by atoms with Crippen molar-refractivity contribution in [2.24, 2.45) is 0 Å². The Bertz CT molecular complexity index is 771. The number of anilines is 1. The first kappa shape index (κ1) is 17.9. The smallest absolute Gasteiger partial charge is 0.260 e. The van der Waals surface area contributed by atoms with Gasteiger partial charge in [-0.3, -0.25) is 14.6 Å². The average molecular weight is 338 g/mol. The fourth-order valence-electron chi connectivity index (χ4n) is 2.00. The molecule has 2 N–H and O–H groups in total. The minimum Gasteiger partial charge on any atom is -0.481 e. The van der Waals surface area contributed by atoms with Gasteiger partial charge in [0.15, 0.2) is 6.10 Å². The number of amides is 2. The number of rotatable bonds is 7. The van der Waals surface area contributed by atoms with Gasteiger partial charge in [0, 0.05) is 31.0 Å². The van der Waals surface area contributed by atoms with Gasteiger partial charge < -0.3 is 15.4 Å². The Hall–Kier alpha value is -3.40. The van der Waals surface area contributed by atoms with E-state index in [1.807, 2.05) is 6.07 Å². The number of pyridine rings is 1. The van der Waals surface area contributed by atoms with E-state index in [2.05, 4.69) is 15.6 Å². The SMILES string of the molecule is C[C@@H](Oc1cccc(C#N)c1)C(=O)NCCC(=O)Nc1ccncc1. The van der Waals surface area contributed by atoms with Gasteiger partial charge in [-0.15, -0.1) is 0 Å². The molecular formula is C18H18N4O3. The van der Waals surface area contributed by atoms with E-state index < -0.39 is 6.10 Å². The van der Waals surface area contributed by atoms with Crippen LogP contribution in [0.15, 0.2) is 48.8 Å². The fraction of sp³-hybridized carbons (Fsp3) is 0.222. The average Bonchev–Trinajstić information content (AvgIpc) is 2.62. The summed E-state index contributed by atoms with van der Waals surface area (Å²) in [6, 6.07) is 11.9. The summed E-state index contributed by atoms with van der Waals surface area (Å²) < 4.78 is 5.50. The molecule has 1 aromatic carbocycles. The normalized spacial score (nSPS) is 11.0. The maximum atomic E-state index is 12.0. The molecule has 1 aromatic heterocycles. The van der Waals surface area contributed by atoms with Gasteiger partial charge in [0.1, 0.15) is 5.75 Å². The number of carbonyl (C=O) groups is 2. The van der Waals surface area contributed by atoms with Crippen molar-refractivity contribution in [2.45, 2.75) is 19.4 Å². The van der Waals surface area contributed by atoms with Crippen molar-refractivity contribution < 1.29 is 14.3 Å². The highest BCUT2D eigenvalue weighted by atomic mass is 16.5. The third-order valence-corrected chi connectivity index (χ3v) is 3.26. The summed E-state index contributed by atoms with van der Waals surface area (Å²) in [6.07, 6.45) is 2.57. The summed E-state index contributed by atoms with van der Waals surface area (Å²) in [7, 11) is 0. The molecule has 0 unspecified atom stereocenters. The Balaban J connectivity index is 1.74. The van der Waals surface area contributed by atoms with Gasteiger partial charge in [0.05, 0.1) is 11.6 Å². The van der Waals surface area contributed by atoms with Gasteiger partial charge >= 0.3 is 0 Å². The first-order valence-corrected chi connectivity index (χ1v) is 7.73. The van der Waals surface area contributed by atoms with Crippen LogP contribution in [0.25, 0.3) is 0 Å².